The third kappa shape index (κ3) is 3.22. The van der Waals surface area contributed by atoms with E-state index in [-0.39, 0.29) is 24.0 Å². The van der Waals surface area contributed by atoms with E-state index in [9.17, 15) is 0 Å². The van der Waals surface area contributed by atoms with E-state index < -0.39 is 0 Å². The normalized spacial score (nSPS) is 11.3. The standard InChI is InChI=1S/C23H26N2.HI/c1-4-5-6-9-13-25-14-12-18-17(3)23-22(16(2)20(18)15-25)19-10-7-8-11-21(19)24-23;/h7-8,10-12,14-15H,4-6,9,13H2,1-3H3;1H. The quantitative estimate of drug-likeness (QED) is 0.270. The van der Waals surface area contributed by atoms with E-state index in [0.29, 0.717) is 0 Å². The molecule has 3 heteroatoms. The Bertz CT molecular complexity index is 1060. The van der Waals surface area contributed by atoms with Crippen molar-refractivity contribution in [2.24, 2.45) is 0 Å². The Balaban J connectivity index is 0.00000196. The molecule has 2 aromatic heterocycles. The molecule has 0 atom stereocenters. The molecule has 0 saturated carbocycles. The van der Waals surface area contributed by atoms with Crippen LogP contribution >= 0.6 is 0 Å². The second-order valence-electron chi connectivity index (χ2n) is 7.24. The first-order valence-electron chi connectivity index (χ1n) is 9.53. The summed E-state index contributed by atoms with van der Waals surface area (Å²) in [5.41, 5.74) is 5.25. The maximum atomic E-state index is 3.64. The summed E-state index contributed by atoms with van der Waals surface area (Å²) in [6, 6.07) is 10.9. The number of H-pyrrole nitrogens is 1. The second-order valence-corrected chi connectivity index (χ2v) is 7.24. The second kappa shape index (κ2) is 7.95. The third-order valence-corrected chi connectivity index (χ3v) is 5.55. The van der Waals surface area contributed by atoms with E-state index in [1.54, 1.807) is 0 Å². The molecular formula is C23H27IN2. The van der Waals surface area contributed by atoms with Crippen molar-refractivity contribution < 1.29 is 28.5 Å². The zero-order chi connectivity index (χ0) is 17.4. The predicted octanol–water partition coefficient (Wildman–Crippen LogP) is 2.96. The van der Waals surface area contributed by atoms with Gasteiger partial charge in [-0.25, -0.2) is 4.57 Å². The lowest BCUT2D eigenvalue weighted by Crippen LogP contribution is -3.00. The number of pyridine rings is 1. The number of aryl methyl sites for hydroxylation is 3. The molecule has 1 N–H and O–H groups in total. The average molecular weight is 458 g/mol. The summed E-state index contributed by atoms with van der Waals surface area (Å²) in [7, 11) is 0. The molecule has 0 aliphatic heterocycles. The summed E-state index contributed by atoms with van der Waals surface area (Å²) in [4.78, 5) is 3.64. The van der Waals surface area contributed by atoms with E-state index in [0.717, 1.165) is 6.54 Å². The van der Waals surface area contributed by atoms with Gasteiger partial charge in [-0.1, -0.05) is 38.0 Å². The van der Waals surface area contributed by atoms with Crippen molar-refractivity contribution in [2.45, 2.75) is 53.0 Å². The molecule has 0 unspecified atom stereocenters. The fourth-order valence-electron chi connectivity index (χ4n) is 4.11. The molecule has 136 valence electrons. The van der Waals surface area contributed by atoms with Crippen LogP contribution in [0.25, 0.3) is 32.6 Å². The van der Waals surface area contributed by atoms with Crippen LogP contribution in [-0.4, -0.2) is 4.98 Å². The van der Waals surface area contributed by atoms with E-state index in [2.05, 4.69) is 73.0 Å². The Kier molecular flexibility index (Phi) is 5.86. The Morgan fingerprint density at radius 2 is 1.69 bits per heavy atom. The number of para-hydroxylation sites is 1. The first-order chi connectivity index (χ1) is 12.2. The molecular weight excluding hydrogens is 431 g/mol. The molecule has 0 saturated heterocycles. The minimum Gasteiger partial charge on any atom is -1.00 e. The Morgan fingerprint density at radius 3 is 2.50 bits per heavy atom. The minimum absolute atomic E-state index is 0. The van der Waals surface area contributed by atoms with Crippen molar-refractivity contribution in [1.82, 2.24) is 4.98 Å². The molecule has 4 aromatic rings. The fraction of sp³-hybridized carbons (Fsp3) is 0.348. The fourth-order valence-corrected chi connectivity index (χ4v) is 4.11. The van der Waals surface area contributed by atoms with Gasteiger partial charge in [0.25, 0.3) is 0 Å². The number of rotatable bonds is 5. The van der Waals surface area contributed by atoms with Crippen LogP contribution in [0.5, 0.6) is 0 Å². The predicted molar refractivity (Wildman–Crippen MR) is 107 cm³/mol. The largest absolute Gasteiger partial charge is 1.00 e. The van der Waals surface area contributed by atoms with E-state index >= 15 is 0 Å². The maximum absolute atomic E-state index is 3.64. The van der Waals surface area contributed by atoms with Gasteiger partial charge in [0.2, 0.25) is 0 Å². The Labute approximate surface area is 172 Å². The van der Waals surface area contributed by atoms with Crippen LogP contribution in [0.2, 0.25) is 0 Å². The van der Waals surface area contributed by atoms with Crippen LogP contribution in [0.3, 0.4) is 0 Å². The highest BCUT2D eigenvalue weighted by Gasteiger charge is 2.16. The van der Waals surface area contributed by atoms with Crippen LogP contribution < -0.4 is 28.5 Å². The highest BCUT2D eigenvalue weighted by atomic mass is 127. The molecule has 0 aliphatic carbocycles. The van der Waals surface area contributed by atoms with Crippen molar-refractivity contribution in [2.75, 3.05) is 0 Å². The monoisotopic (exact) mass is 458 g/mol. The molecule has 2 aromatic carbocycles. The van der Waals surface area contributed by atoms with E-state index in [1.165, 1.54) is 69.4 Å². The number of aromatic nitrogens is 2. The Morgan fingerprint density at radius 1 is 0.885 bits per heavy atom. The number of aromatic amines is 1. The highest BCUT2D eigenvalue weighted by molar-refractivity contribution is 6.16. The summed E-state index contributed by atoms with van der Waals surface area (Å²) in [5.74, 6) is 0. The molecule has 0 aliphatic rings. The number of nitrogens with zero attached hydrogens (tertiary/aromatic N) is 1. The lowest BCUT2D eigenvalue weighted by molar-refractivity contribution is -0.696. The average Bonchev–Trinajstić information content (AvgIpc) is 3.03. The molecule has 2 nitrogen and oxygen atoms in total. The van der Waals surface area contributed by atoms with Crippen molar-refractivity contribution >= 4 is 32.6 Å². The third-order valence-electron chi connectivity index (χ3n) is 5.55. The van der Waals surface area contributed by atoms with Gasteiger partial charge in [-0.2, -0.15) is 0 Å². The van der Waals surface area contributed by atoms with Crippen molar-refractivity contribution in [3.63, 3.8) is 0 Å². The number of fused-ring (bicyclic) bond motifs is 4. The van der Waals surface area contributed by atoms with Gasteiger partial charge in [0.15, 0.2) is 12.4 Å². The Hall–Kier alpha value is -1.62. The van der Waals surface area contributed by atoms with Gasteiger partial charge in [-0.05, 0) is 42.8 Å². The van der Waals surface area contributed by atoms with Crippen LogP contribution in [0, 0.1) is 13.8 Å². The summed E-state index contributed by atoms with van der Waals surface area (Å²) in [6.07, 6.45) is 9.81. The first-order valence-corrected chi connectivity index (χ1v) is 9.53. The molecule has 0 spiro atoms. The summed E-state index contributed by atoms with van der Waals surface area (Å²) >= 11 is 0. The first kappa shape index (κ1) is 19.2. The van der Waals surface area contributed by atoms with Crippen molar-refractivity contribution in [1.29, 1.82) is 0 Å². The zero-order valence-electron chi connectivity index (χ0n) is 15.9. The number of hydrogen-bond acceptors (Lipinski definition) is 0. The molecule has 0 fully saturated rings. The van der Waals surface area contributed by atoms with Crippen LogP contribution in [0.15, 0.2) is 42.7 Å². The van der Waals surface area contributed by atoms with Crippen LogP contribution in [-0.2, 0) is 6.54 Å². The molecule has 0 radical (unpaired) electrons. The summed E-state index contributed by atoms with van der Waals surface area (Å²) in [5, 5.41) is 5.46. The smallest absolute Gasteiger partial charge is 0.176 e. The van der Waals surface area contributed by atoms with Gasteiger partial charge in [-0.3, -0.25) is 0 Å². The van der Waals surface area contributed by atoms with Gasteiger partial charge in [0.05, 0.1) is 5.52 Å². The van der Waals surface area contributed by atoms with Gasteiger partial charge < -0.3 is 29.0 Å². The molecule has 0 amide bonds. The van der Waals surface area contributed by atoms with E-state index in [4.69, 9.17) is 0 Å². The summed E-state index contributed by atoms with van der Waals surface area (Å²) < 4.78 is 2.37. The lowest BCUT2D eigenvalue weighted by atomic mass is 9.97. The van der Waals surface area contributed by atoms with Gasteiger partial charge in [0.1, 0.15) is 6.54 Å². The molecule has 0 bridgehead atoms. The van der Waals surface area contributed by atoms with Crippen LogP contribution in [0.4, 0.5) is 0 Å². The maximum Gasteiger partial charge on any atom is 0.176 e. The molecule has 2 heterocycles. The number of halogens is 1. The topological polar surface area (TPSA) is 19.7 Å². The van der Waals surface area contributed by atoms with Crippen LogP contribution in [0.1, 0.15) is 43.7 Å². The van der Waals surface area contributed by atoms with Gasteiger partial charge in [-0.15, -0.1) is 0 Å². The number of benzene rings is 2. The van der Waals surface area contributed by atoms with Gasteiger partial charge >= 0.3 is 0 Å². The number of unbranched alkanes of at least 4 members (excludes halogenated alkanes) is 3. The highest BCUT2D eigenvalue weighted by Crippen LogP contribution is 2.35. The minimum atomic E-state index is 0. The van der Waals surface area contributed by atoms with Crippen molar-refractivity contribution in [3.05, 3.63) is 53.9 Å². The SMILES string of the molecule is CCCCCC[n+]1ccc2c(C)c3[nH]c4ccccc4c3c(C)c2c1.[I-]. The summed E-state index contributed by atoms with van der Waals surface area (Å²) in [6.45, 7) is 7.89. The zero-order valence-corrected chi connectivity index (χ0v) is 18.1. The number of hydrogen-bond donors (Lipinski definition) is 1. The van der Waals surface area contributed by atoms with Crippen molar-refractivity contribution in [3.8, 4) is 0 Å². The lowest BCUT2D eigenvalue weighted by Gasteiger charge is -2.08. The number of nitrogens with one attached hydrogen (secondary N) is 1. The van der Waals surface area contributed by atoms with E-state index in [1.807, 2.05) is 0 Å². The molecule has 4 rings (SSSR count). The van der Waals surface area contributed by atoms with Gasteiger partial charge in [0, 0.05) is 34.2 Å². The molecule has 26 heavy (non-hydrogen) atoms.